The van der Waals surface area contributed by atoms with Crippen molar-refractivity contribution in [2.75, 3.05) is 20.2 Å². The van der Waals surface area contributed by atoms with Crippen LogP contribution in [0.3, 0.4) is 0 Å². The number of amides is 1. The van der Waals surface area contributed by atoms with Crippen LogP contribution in [0, 0.1) is 0 Å². The highest BCUT2D eigenvalue weighted by atomic mass is 16.5. The van der Waals surface area contributed by atoms with Crippen LogP contribution in [0.5, 0.6) is 17.5 Å². The van der Waals surface area contributed by atoms with E-state index in [1.165, 1.54) is 7.11 Å². The number of nitrogens with zero attached hydrogens (tertiary/aromatic N) is 3. The Kier molecular flexibility index (Phi) is 5.88. The molecule has 138 valence electrons. The summed E-state index contributed by atoms with van der Waals surface area (Å²) in [5.74, 6) is 1.33. The number of hydrogen-bond donors (Lipinski definition) is 0. The van der Waals surface area contributed by atoms with Crippen molar-refractivity contribution in [2.24, 2.45) is 0 Å². The molecule has 0 spiro atoms. The number of ether oxygens (including phenoxy) is 3. The number of benzene rings is 1. The highest BCUT2D eigenvalue weighted by Crippen LogP contribution is 2.24. The van der Waals surface area contributed by atoms with Crippen LogP contribution in [-0.2, 0) is 4.79 Å². The van der Waals surface area contributed by atoms with Gasteiger partial charge < -0.3 is 19.1 Å². The lowest BCUT2D eigenvalue weighted by atomic mass is 10.1. The van der Waals surface area contributed by atoms with E-state index in [-0.39, 0.29) is 12.0 Å². The molecule has 0 saturated carbocycles. The summed E-state index contributed by atoms with van der Waals surface area (Å²) in [5.41, 5.74) is 0. The van der Waals surface area contributed by atoms with Gasteiger partial charge in [-0.2, -0.15) is 0 Å². The third kappa shape index (κ3) is 4.41. The maximum absolute atomic E-state index is 12.7. The lowest BCUT2D eigenvalue weighted by molar-refractivity contribution is -0.140. The zero-order valence-electron chi connectivity index (χ0n) is 15.0. The first-order valence-electron chi connectivity index (χ1n) is 8.69. The minimum absolute atomic E-state index is 0.0479. The first-order valence-corrected chi connectivity index (χ1v) is 8.69. The highest BCUT2D eigenvalue weighted by molar-refractivity contribution is 5.81. The zero-order valence-corrected chi connectivity index (χ0v) is 15.0. The summed E-state index contributed by atoms with van der Waals surface area (Å²) in [6.07, 6.45) is 4.10. The van der Waals surface area contributed by atoms with Crippen LogP contribution in [0.25, 0.3) is 0 Å². The van der Waals surface area contributed by atoms with E-state index < -0.39 is 6.10 Å². The van der Waals surface area contributed by atoms with Crippen LogP contribution in [0.2, 0.25) is 0 Å². The average molecular weight is 357 g/mol. The fraction of sp³-hybridized carbons (Fsp3) is 0.421. The van der Waals surface area contributed by atoms with Crippen molar-refractivity contribution in [2.45, 2.75) is 32.0 Å². The summed E-state index contributed by atoms with van der Waals surface area (Å²) in [4.78, 5) is 22.7. The van der Waals surface area contributed by atoms with Gasteiger partial charge in [-0.05, 0) is 31.9 Å². The molecule has 26 heavy (non-hydrogen) atoms. The topological polar surface area (TPSA) is 73.8 Å². The first-order chi connectivity index (χ1) is 12.7. The van der Waals surface area contributed by atoms with E-state index in [9.17, 15) is 4.79 Å². The molecule has 1 aliphatic heterocycles. The normalized spacial score (nSPS) is 18.1. The van der Waals surface area contributed by atoms with Gasteiger partial charge in [-0.1, -0.05) is 18.2 Å². The summed E-state index contributed by atoms with van der Waals surface area (Å²) < 4.78 is 16.8. The van der Waals surface area contributed by atoms with E-state index >= 15 is 0 Å². The summed E-state index contributed by atoms with van der Waals surface area (Å²) in [6.45, 7) is 2.95. The molecule has 0 radical (unpaired) electrons. The number of rotatable bonds is 6. The van der Waals surface area contributed by atoms with E-state index in [4.69, 9.17) is 14.2 Å². The second-order valence-electron chi connectivity index (χ2n) is 6.11. The number of carbonyl (C=O) groups is 1. The van der Waals surface area contributed by atoms with E-state index in [1.54, 1.807) is 24.2 Å². The van der Waals surface area contributed by atoms with E-state index in [1.807, 2.05) is 30.3 Å². The van der Waals surface area contributed by atoms with Gasteiger partial charge >= 0.3 is 0 Å². The Morgan fingerprint density at radius 3 is 2.65 bits per heavy atom. The molecule has 2 heterocycles. The van der Waals surface area contributed by atoms with Gasteiger partial charge in [0.1, 0.15) is 11.9 Å². The SMILES string of the molecule is COc1nccnc1OC1CCCN(C(=O)C(C)Oc2ccccc2)C1. The predicted molar refractivity (Wildman–Crippen MR) is 95.3 cm³/mol. The van der Waals surface area contributed by atoms with Gasteiger partial charge in [0.05, 0.1) is 13.7 Å². The number of aromatic nitrogens is 2. The van der Waals surface area contributed by atoms with E-state index in [0.29, 0.717) is 30.6 Å². The Balaban J connectivity index is 1.59. The van der Waals surface area contributed by atoms with Crippen molar-refractivity contribution in [3.63, 3.8) is 0 Å². The molecular weight excluding hydrogens is 334 g/mol. The summed E-state index contributed by atoms with van der Waals surface area (Å²) >= 11 is 0. The second-order valence-corrected chi connectivity index (χ2v) is 6.11. The quantitative estimate of drug-likeness (QED) is 0.790. The molecule has 0 aliphatic carbocycles. The summed E-state index contributed by atoms with van der Waals surface area (Å²) in [7, 11) is 1.52. The maximum atomic E-state index is 12.7. The smallest absolute Gasteiger partial charge is 0.278 e. The van der Waals surface area contributed by atoms with Crippen molar-refractivity contribution in [1.29, 1.82) is 0 Å². The predicted octanol–water partition coefficient (Wildman–Crippen LogP) is 2.32. The fourth-order valence-electron chi connectivity index (χ4n) is 2.94. The van der Waals surface area contributed by atoms with Gasteiger partial charge in [-0.25, -0.2) is 9.97 Å². The van der Waals surface area contributed by atoms with Crippen LogP contribution in [0.4, 0.5) is 0 Å². The van der Waals surface area contributed by atoms with Crippen molar-refractivity contribution >= 4 is 5.91 Å². The Morgan fingerprint density at radius 2 is 1.92 bits per heavy atom. The third-order valence-electron chi connectivity index (χ3n) is 4.20. The van der Waals surface area contributed by atoms with Crippen LogP contribution < -0.4 is 14.2 Å². The molecule has 1 aliphatic rings. The monoisotopic (exact) mass is 357 g/mol. The molecule has 0 N–H and O–H groups in total. The number of para-hydroxylation sites is 1. The second kappa shape index (κ2) is 8.51. The molecule has 2 aromatic rings. The fourth-order valence-corrected chi connectivity index (χ4v) is 2.94. The number of methoxy groups -OCH3 is 1. The largest absolute Gasteiger partial charge is 0.481 e. The molecule has 7 heteroatoms. The minimum atomic E-state index is -0.554. The van der Waals surface area contributed by atoms with Gasteiger partial charge in [0.2, 0.25) is 0 Å². The Morgan fingerprint density at radius 1 is 1.19 bits per heavy atom. The van der Waals surface area contributed by atoms with E-state index in [2.05, 4.69) is 9.97 Å². The first kappa shape index (κ1) is 18.0. The Bertz CT molecular complexity index is 726. The number of carbonyl (C=O) groups excluding carboxylic acids is 1. The third-order valence-corrected chi connectivity index (χ3v) is 4.20. The number of likely N-dealkylation sites (tertiary alicyclic amines) is 1. The van der Waals surface area contributed by atoms with Gasteiger partial charge in [0.15, 0.2) is 6.10 Å². The van der Waals surface area contributed by atoms with Gasteiger partial charge in [-0.15, -0.1) is 0 Å². The summed E-state index contributed by atoms with van der Waals surface area (Å²) in [6, 6.07) is 9.35. The zero-order chi connectivity index (χ0) is 18.4. The van der Waals surface area contributed by atoms with Gasteiger partial charge in [0, 0.05) is 18.9 Å². The number of piperidine rings is 1. The average Bonchev–Trinajstić information content (AvgIpc) is 2.69. The van der Waals surface area contributed by atoms with Crippen molar-refractivity contribution in [3.8, 4) is 17.5 Å². The van der Waals surface area contributed by atoms with Gasteiger partial charge in [0.25, 0.3) is 17.7 Å². The van der Waals surface area contributed by atoms with Crippen LogP contribution in [-0.4, -0.2) is 53.2 Å². The molecule has 0 bridgehead atoms. The highest BCUT2D eigenvalue weighted by Gasteiger charge is 2.29. The molecule has 1 fully saturated rings. The molecule has 2 unspecified atom stereocenters. The minimum Gasteiger partial charge on any atom is -0.481 e. The molecule has 1 saturated heterocycles. The molecule has 1 aromatic carbocycles. The van der Waals surface area contributed by atoms with Crippen molar-refractivity contribution < 1.29 is 19.0 Å². The van der Waals surface area contributed by atoms with Crippen LogP contribution in [0.15, 0.2) is 42.7 Å². The standard InChI is InChI=1S/C19H23N3O4/c1-14(25-15-7-4-3-5-8-15)19(23)22-12-6-9-16(13-22)26-18-17(24-2)20-10-11-21-18/h3-5,7-8,10-11,14,16H,6,9,12-13H2,1-2H3. The molecular formula is C19H23N3O4. The van der Waals surface area contributed by atoms with Crippen LogP contribution in [0.1, 0.15) is 19.8 Å². The lowest BCUT2D eigenvalue weighted by Crippen LogP contribution is -2.48. The Labute approximate surface area is 152 Å². The van der Waals surface area contributed by atoms with Crippen molar-refractivity contribution in [3.05, 3.63) is 42.7 Å². The molecule has 1 aromatic heterocycles. The van der Waals surface area contributed by atoms with Crippen LogP contribution >= 0.6 is 0 Å². The van der Waals surface area contributed by atoms with E-state index in [0.717, 1.165) is 12.8 Å². The number of hydrogen-bond acceptors (Lipinski definition) is 6. The molecule has 3 rings (SSSR count). The molecule has 1 amide bonds. The summed E-state index contributed by atoms with van der Waals surface area (Å²) in [5, 5.41) is 0. The molecule has 7 nitrogen and oxygen atoms in total. The van der Waals surface area contributed by atoms with Gasteiger partial charge in [-0.3, -0.25) is 4.79 Å². The lowest BCUT2D eigenvalue weighted by Gasteiger charge is -2.34. The maximum Gasteiger partial charge on any atom is 0.278 e. The molecule has 2 atom stereocenters. The van der Waals surface area contributed by atoms with Crippen molar-refractivity contribution in [1.82, 2.24) is 14.9 Å². The Hall–Kier alpha value is -2.83.